The number of rotatable bonds is 2. The van der Waals surface area contributed by atoms with Crippen molar-refractivity contribution < 1.29 is 9.13 Å². The van der Waals surface area contributed by atoms with Gasteiger partial charge >= 0.3 is 0 Å². The van der Waals surface area contributed by atoms with E-state index in [4.69, 9.17) is 15.7 Å². The SMILES string of the molecule is N#Cc1cccc(Oc2cc(F)cc(Br)c2)c1N. The third kappa shape index (κ3) is 2.60. The molecular formula is C13H8BrFN2O. The quantitative estimate of drug-likeness (QED) is 0.858. The second kappa shape index (κ2) is 5.07. The van der Waals surface area contributed by atoms with Crippen LogP contribution in [0.4, 0.5) is 10.1 Å². The summed E-state index contributed by atoms with van der Waals surface area (Å²) >= 11 is 3.17. The number of ether oxygens (including phenoxy) is 1. The minimum absolute atomic E-state index is 0.236. The zero-order valence-electron chi connectivity index (χ0n) is 9.15. The van der Waals surface area contributed by atoms with Crippen molar-refractivity contribution in [2.75, 3.05) is 5.73 Å². The summed E-state index contributed by atoms with van der Waals surface area (Å²) in [5.41, 5.74) is 6.32. The van der Waals surface area contributed by atoms with Crippen LogP contribution < -0.4 is 10.5 Å². The van der Waals surface area contributed by atoms with E-state index in [1.807, 2.05) is 6.07 Å². The predicted octanol–water partition coefficient (Wildman–Crippen LogP) is 3.83. The number of nitrogen functional groups attached to an aromatic ring is 1. The lowest BCUT2D eigenvalue weighted by Crippen LogP contribution is -1.95. The van der Waals surface area contributed by atoms with Crippen LogP contribution in [0.3, 0.4) is 0 Å². The van der Waals surface area contributed by atoms with Gasteiger partial charge in [-0.1, -0.05) is 22.0 Å². The first-order valence-corrected chi connectivity index (χ1v) is 5.82. The van der Waals surface area contributed by atoms with Gasteiger partial charge in [0.15, 0.2) is 5.75 Å². The smallest absolute Gasteiger partial charge is 0.151 e. The Morgan fingerprint density at radius 2 is 2.06 bits per heavy atom. The summed E-state index contributed by atoms with van der Waals surface area (Å²) < 4.78 is 19.2. The lowest BCUT2D eigenvalue weighted by molar-refractivity contribution is 0.478. The fraction of sp³-hybridized carbons (Fsp3) is 0. The van der Waals surface area contributed by atoms with Crippen molar-refractivity contribution >= 4 is 21.6 Å². The molecule has 3 nitrogen and oxygen atoms in total. The maximum atomic E-state index is 13.2. The molecule has 2 N–H and O–H groups in total. The highest BCUT2D eigenvalue weighted by atomic mass is 79.9. The van der Waals surface area contributed by atoms with Crippen molar-refractivity contribution in [2.24, 2.45) is 0 Å². The molecule has 5 heteroatoms. The van der Waals surface area contributed by atoms with E-state index in [9.17, 15) is 4.39 Å². The van der Waals surface area contributed by atoms with Gasteiger partial charge in [-0.25, -0.2) is 4.39 Å². The van der Waals surface area contributed by atoms with Gasteiger partial charge in [-0.2, -0.15) is 5.26 Å². The van der Waals surface area contributed by atoms with Gasteiger partial charge in [0.05, 0.1) is 11.3 Å². The zero-order valence-corrected chi connectivity index (χ0v) is 10.7. The molecule has 0 aliphatic heterocycles. The molecule has 2 aromatic rings. The highest BCUT2D eigenvalue weighted by Crippen LogP contribution is 2.31. The minimum Gasteiger partial charge on any atom is -0.455 e. The second-order valence-corrected chi connectivity index (χ2v) is 4.45. The first kappa shape index (κ1) is 12.4. The number of para-hydroxylation sites is 1. The lowest BCUT2D eigenvalue weighted by Gasteiger charge is -2.09. The van der Waals surface area contributed by atoms with Crippen molar-refractivity contribution in [3.05, 3.63) is 52.3 Å². The van der Waals surface area contributed by atoms with E-state index in [1.165, 1.54) is 12.1 Å². The molecule has 2 aromatic carbocycles. The third-order valence-electron chi connectivity index (χ3n) is 2.25. The Balaban J connectivity index is 2.37. The van der Waals surface area contributed by atoms with Crippen molar-refractivity contribution in [2.45, 2.75) is 0 Å². The Kier molecular flexibility index (Phi) is 3.49. The van der Waals surface area contributed by atoms with Crippen LogP contribution in [0.1, 0.15) is 5.56 Å². The Bertz CT molecular complexity index is 617. The standard InChI is InChI=1S/C13H8BrFN2O/c14-9-4-10(15)6-11(5-9)18-12-3-1-2-8(7-16)13(12)17/h1-6H,17H2. The number of hydrogen-bond acceptors (Lipinski definition) is 3. The molecule has 0 heterocycles. The molecule has 0 saturated carbocycles. The molecule has 0 fully saturated rings. The number of hydrogen-bond donors (Lipinski definition) is 1. The first-order valence-electron chi connectivity index (χ1n) is 5.02. The van der Waals surface area contributed by atoms with Crippen LogP contribution in [-0.2, 0) is 0 Å². The van der Waals surface area contributed by atoms with E-state index in [-0.39, 0.29) is 5.69 Å². The van der Waals surface area contributed by atoms with Gasteiger partial charge in [0.1, 0.15) is 17.6 Å². The van der Waals surface area contributed by atoms with Gasteiger partial charge in [0, 0.05) is 10.5 Å². The number of nitrogens with two attached hydrogens (primary N) is 1. The van der Waals surface area contributed by atoms with Gasteiger partial charge in [-0.15, -0.1) is 0 Å². The average molecular weight is 307 g/mol. The van der Waals surface area contributed by atoms with Crippen molar-refractivity contribution in [3.8, 4) is 17.6 Å². The molecule has 0 radical (unpaired) electrons. The van der Waals surface area contributed by atoms with Crippen LogP contribution in [0.2, 0.25) is 0 Å². The van der Waals surface area contributed by atoms with Gasteiger partial charge in [0.2, 0.25) is 0 Å². The van der Waals surface area contributed by atoms with E-state index in [1.54, 1.807) is 24.3 Å². The average Bonchev–Trinajstić information content (AvgIpc) is 2.30. The monoisotopic (exact) mass is 306 g/mol. The van der Waals surface area contributed by atoms with Gasteiger partial charge in [-0.05, 0) is 24.3 Å². The van der Waals surface area contributed by atoms with Crippen LogP contribution in [0.15, 0.2) is 40.9 Å². The summed E-state index contributed by atoms with van der Waals surface area (Å²) in [5.74, 6) is 0.213. The van der Waals surface area contributed by atoms with E-state index >= 15 is 0 Å². The molecule has 0 spiro atoms. The van der Waals surface area contributed by atoms with Crippen molar-refractivity contribution in [1.29, 1.82) is 5.26 Å². The Hall–Kier alpha value is -2.06. The van der Waals surface area contributed by atoms with Gasteiger partial charge in [-0.3, -0.25) is 0 Å². The summed E-state index contributed by atoms with van der Waals surface area (Å²) in [6, 6.07) is 11.0. The predicted molar refractivity (Wildman–Crippen MR) is 69.7 cm³/mol. The van der Waals surface area contributed by atoms with Crippen molar-refractivity contribution in [1.82, 2.24) is 0 Å². The number of halogens is 2. The number of nitriles is 1. The molecule has 0 aromatic heterocycles. The fourth-order valence-corrected chi connectivity index (χ4v) is 1.89. The van der Waals surface area contributed by atoms with E-state index < -0.39 is 5.82 Å². The van der Waals surface area contributed by atoms with Crippen LogP contribution in [0.5, 0.6) is 11.5 Å². The largest absolute Gasteiger partial charge is 0.455 e. The second-order valence-electron chi connectivity index (χ2n) is 3.54. The number of anilines is 1. The van der Waals surface area contributed by atoms with E-state index in [0.717, 1.165) is 0 Å². The summed E-state index contributed by atoms with van der Waals surface area (Å²) in [6.45, 7) is 0. The van der Waals surface area contributed by atoms with E-state index in [2.05, 4.69) is 15.9 Å². The van der Waals surface area contributed by atoms with Crippen LogP contribution in [0, 0.1) is 17.1 Å². The summed E-state index contributed by atoms with van der Waals surface area (Å²) in [7, 11) is 0. The summed E-state index contributed by atoms with van der Waals surface area (Å²) in [4.78, 5) is 0. The van der Waals surface area contributed by atoms with Gasteiger partial charge in [0.25, 0.3) is 0 Å². The molecule has 90 valence electrons. The minimum atomic E-state index is -0.422. The molecule has 0 aliphatic carbocycles. The normalized spacial score (nSPS) is 9.83. The maximum absolute atomic E-state index is 13.2. The van der Waals surface area contributed by atoms with Crippen LogP contribution >= 0.6 is 15.9 Å². The summed E-state index contributed by atoms with van der Waals surface area (Å²) in [5, 5.41) is 8.84. The van der Waals surface area contributed by atoms with Crippen LogP contribution in [-0.4, -0.2) is 0 Å². The Labute approximate surface area is 112 Å². The molecule has 0 atom stereocenters. The van der Waals surface area contributed by atoms with Gasteiger partial charge < -0.3 is 10.5 Å². The Morgan fingerprint density at radius 3 is 2.72 bits per heavy atom. The highest BCUT2D eigenvalue weighted by Gasteiger charge is 2.07. The highest BCUT2D eigenvalue weighted by molar-refractivity contribution is 9.10. The lowest BCUT2D eigenvalue weighted by atomic mass is 10.2. The fourth-order valence-electron chi connectivity index (χ4n) is 1.44. The molecule has 0 saturated heterocycles. The third-order valence-corrected chi connectivity index (χ3v) is 2.71. The molecular weight excluding hydrogens is 299 g/mol. The molecule has 18 heavy (non-hydrogen) atoms. The van der Waals surface area contributed by atoms with Crippen LogP contribution in [0.25, 0.3) is 0 Å². The maximum Gasteiger partial charge on any atom is 0.151 e. The Morgan fingerprint density at radius 1 is 1.28 bits per heavy atom. The van der Waals surface area contributed by atoms with E-state index in [0.29, 0.717) is 21.5 Å². The number of nitrogens with zero attached hydrogens (tertiary/aromatic N) is 1. The molecule has 2 rings (SSSR count). The summed E-state index contributed by atoms with van der Waals surface area (Å²) in [6.07, 6.45) is 0. The van der Waals surface area contributed by atoms with Crippen molar-refractivity contribution in [3.63, 3.8) is 0 Å². The first-order chi connectivity index (χ1) is 8.60. The molecule has 0 aliphatic rings. The molecule has 0 bridgehead atoms. The zero-order chi connectivity index (χ0) is 13.1. The molecule has 0 unspecified atom stereocenters. The number of benzene rings is 2. The molecule has 0 amide bonds. The topological polar surface area (TPSA) is 59.0 Å².